The first-order valence-electron chi connectivity index (χ1n) is 4.66. The van der Waals surface area contributed by atoms with Crippen molar-refractivity contribution in [3.05, 3.63) is 0 Å². The van der Waals surface area contributed by atoms with Crippen LogP contribution in [0.1, 0.15) is 26.2 Å². The highest BCUT2D eigenvalue weighted by atomic mass is 31.2. The second kappa shape index (κ2) is 4.56. The highest BCUT2D eigenvalue weighted by Gasteiger charge is 2.48. The van der Waals surface area contributed by atoms with Gasteiger partial charge in [0.2, 0.25) is 0 Å². The standard InChI is InChI=1S/C8H18NO3P/c1-4-5-6-8-7-9(8)13(10,11-2)12-3/h8H,4-7H2,1-3H3/t8-,9?/m1/s1. The van der Waals surface area contributed by atoms with Gasteiger partial charge in [-0.05, 0) is 6.42 Å². The molecular weight excluding hydrogens is 189 g/mol. The van der Waals surface area contributed by atoms with Crippen molar-refractivity contribution >= 4 is 7.75 Å². The van der Waals surface area contributed by atoms with Crippen molar-refractivity contribution in [1.29, 1.82) is 0 Å². The van der Waals surface area contributed by atoms with Crippen LogP contribution in [0, 0.1) is 0 Å². The second-order valence-electron chi connectivity index (χ2n) is 3.25. The third-order valence-electron chi connectivity index (χ3n) is 2.35. The lowest BCUT2D eigenvalue weighted by molar-refractivity contribution is 0.244. The number of rotatable bonds is 6. The Bertz CT molecular complexity index is 202. The van der Waals surface area contributed by atoms with E-state index < -0.39 is 7.75 Å². The molecule has 4 nitrogen and oxygen atoms in total. The Labute approximate surface area is 79.8 Å². The summed E-state index contributed by atoms with van der Waals surface area (Å²) in [5.41, 5.74) is 0. The lowest BCUT2D eigenvalue weighted by Gasteiger charge is -2.14. The maximum Gasteiger partial charge on any atom is 0.407 e. The molecule has 78 valence electrons. The van der Waals surface area contributed by atoms with E-state index in [0.29, 0.717) is 6.04 Å². The van der Waals surface area contributed by atoms with E-state index in [2.05, 4.69) is 6.92 Å². The summed E-state index contributed by atoms with van der Waals surface area (Å²) < 4.78 is 23.3. The van der Waals surface area contributed by atoms with E-state index >= 15 is 0 Å². The van der Waals surface area contributed by atoms with Crippen molar-refractivity contribution in [2.24, 2.45) is 0 Å². The first-order valence-corrected chi connectivity index (χ1v) is 6.16. The van der Waals surface area contributed by atoms with Crippen molar-refractivity contribution in [3.8, 4) is 0 Å². The zero-order chi connectivity index (χ0) is 9.90. The van der Waals surface area contributed by atoms with Gasteiger partial charge in [0.1, 0.15) is 0 Å². The van der Waals surface area contributed by atoms with Crippen molar-refractivity contribution in [2.45, 2.75) is 32.2 Å². The van der Waals surface area contributed by atoms with Crippen LogP contribution in [0.5, 0.6) is 0 Å². The molecule has 0 spiro atoms. The number of nitrogens with zero attached hydrogens (tertiary/aromatic N) is 1. The number of hydrogen-bond acceptors (Lipinski definition) is 3. The molecule has 0 radical (unpaired) electrons. The Morgan fingerprint density at radius 2 is 2.08 bits per heavy atom. The second-order valence-corrected chi connectivity index (χ2v) is 5.43. The van der Waals surface area contributed by atoms with Crippen LogP contribution in [0.4, 0.5) is 0 Å². The quantitative estimate of drug-likeness (QED) is 0.494. The maximum absolute atomic E-state index is 11.8. The van der Waals surface area contributed by atoms with Crippen LogP contribution in [0.2, 0.25) is 0 Å². The lowest BCUT2D eigenvalue weighted by Crippen LogP contribution is -2.02. The van der Waals surface area contributed by atoms with Gasteiger partial charge >= 0.3 is 7.75 Å². The summed E-state index contributed by atoms with van der Waals surface area (Å²) in [6, 6.07) is 0.408. The predicted molar refractivity (Wildman–Crippen MR) is 51.6 cm³/mol. The molecule has 1 aliphatic heterocycles. The van der Waals surface area contributed by atoms with Crippen LogP contribution in [-0.2, 0) is 13.6 Å². The number of unbranched alkanes of at least 4 members (excludes halogenated alkanes) is 1. The van der Waals surface area contributed by atoms with E-state index in [-0.39, 0.29) is 0 Å². The monoisotopic (exact) mass is 207 g/mol. The third-order valence-corrected chi connectivity index (χ3v) is 4.39. The Hall–Kier alpha value is 0.110. The van der Waals surface area contributed by atoms with E-state index in [1.807, 2.05) is 4.67 Å². The summed E-state index contributed by atoms with van der Waals surface area (Å²) in [5, 5.41) is 0. The smallest absolute Gasteiger partial charge is 0.300 e. The molecule has 0 aromatic rings. The molecule has 1 aliphatic rings. The van der Waals surface area contributed by atoms with Crippen molar-refractivity contribution < 1.29 is 13.6 Å². The van der Waals surface area contributed by atoms with Crippen LogP contribution in [0.25, 0.3) is 0 Å². The summed E-state index contributed by atoms with van der Waals surface area (Å²) >= 11 is 0. The van der Waals surface area contributed by atoms with Gasteiger partial charge in [-0.1, -0.05) is 19.8 Å². The molecule has 1 rings (SSSR count). The minimum Gasteiger partial charge on any atom is -0.300 e. The molecular formula is C8H18NO3P. The van der Waals surface area contributed by atoms with E-state index in [1.54, 1.807) is 0 Å². The van der Waals surface area contributed by atoms with Gasteiger partial charge in [0, 0.05) is 26.8 Å². The Kier molecular flexibility index (Phi) is 3.92. The molecule has 1 fully saturated rings. The van der Waals surface area contributed by atoms with Crippen molar-refractivity contribution in [3.63, 3.8) is 0 Å². The largest absolute Gasteiger partial charge is 0.407 e. The molecule has 13 heavy (non-hydrogen) atoms. The predicted octanol–water partition coefficient (Wildman–Crippen LogP) is 2.26. The fraction of sp³-hybridized carbons (Fsp3) is 1.00. The van der Waals surface area contributed by atoms with Crippen molar-refractivity contribution in [2.75, 3.05) is 20.8 Å². The molecule has 1 saturated heterocycles. The third kappa shape index (κ3) is 2.53. The average Bonchev–Trinajstić information content (AvgIpc) is 2.93. The molecule has 0 aromatic carbocycles. The van der Waals surface area contributed by atoms with E-state index in [1.165, 1.54) is 27.1 Å². The molecule has 0 aromatic heterocycles. The zero-order valence-electron chi connectivity index (χ0n) is 8.52. The van der Waals surface area contributed by atoms with Crippen LogP contribution in [0.3, 0.4) is 0 Å². The van der Waals surface area contributed by atoms with Crippen LogP contribution in [0.15, 0.2) is 0 Å². The molecule has 1 heterocycles. The Morgan fingerprint density at radius 3 is 2.54 bits per heavy atom. The first kappa shape index (κ1) is 11.2. The zero-order valence-corrected chi connectivity index (χ0v) is 9.42. The van der Waals surface area contributed by atoms with Crippen LogP contribution >= 0.6 is 7.75 Å². The van der Waals surface area contributed by atoms with Gasteiger partial charge in [0.05, 0.1) is 0 Å². The summed E-state index contributed by atoms with van der Waals surface area (Å²) in [4.78, 5) is 0. The molecule has 5 heteroatoms. The molecule has 0 aliphatic carbocycles. The average molecular weight is 207 g/mol. The minimum absolute atomic E-state index is 0.408. The first-order chi connectivity index (χ1) is 6.18. The Morgan fingerprint density at radius 1 is 1.46 bits per heavy atom. The van der Waals surface area contributed by atoms with Gasteiger partial charge in [-0.25, -0.2) is 9.24 Å². The number of hydrogen-bond donors (Lipinski definition) is 0. The van der Waals surface area contributed by atoms with Crippen molar-refractivity contribution in [1.82, 2.24) is 4.67 Å². The highest BCUT2D eigenvalue weighted by Crippen LogP contribution is 2.58. The van der Waals surface area contributed by atoms with E-state index in [4.69, 9.17) is 9.05 Å². The molecule has 0 amide bonds. The summed E-state index contributed by atoms with van der Waals surface area (Å²) in [7, 11) is -0.0449. The summed E-state index contributed by atoms with van der Waals surface area (Å²) in [6.07, 6.45) is 3.44. The Balaban J connectivity index is 2.36. The molecule has 1 unspecified atom stereocenters. The molecule has 0 saturated carbocycles. The van der Waals surface area contributed by atoms with E-state index in [9.17, 15) is 4.57 Å². The van der Waals surface area contributed by atoms with Crippen LogP contribution in [-0.4, -0.2) is 31.5 Å². The molecule has 0 bridgehead atoms. The van der Waals surface area contributed by atoms with Gasteiger partial charge in [0.25, 0.3) is 0 Å². The summed E-state index contributed by atoms with van der Waals surface area (Å²) in [5.74, 6) is 0. The molecule has 0 N–H and O–H groups in total. The SMILES string of the molecule is CCCC[C@@H]1CN1P(=O)(OC)OC. The topological polar surface area (TPSA) is 38.5 Å². The maximum atomic E-state index is 11.8. The van der Waals surface area contributed by atoms with Crippen LogP contribution < -0.4 is 0 Å². The van der Waals surface area contributed by atoms with Gasteiger partial charge < -0.3 is 0 Å². The normalized spacial score (nSPS) is 27.6. The summed E-state index contributed by atoms with van der Waals surface area (Å²) in [6.45, 7) is 3.00. The van der Waals surface area contributed by atoms with Gasteiger partial charge in [0.15, 0.2) is 0 Å². The van der Waals surface area contributed by atoms with Gasteiger partial charge in [-0.15, -0.1) is 0 Å². The fourth-order valence-corrected chi connectivity index (χ4v) is 2.91. The van der Waals surface area contributed by atoms with Gasteiger partial charge in [-0.3, -0.25) is 9.05 Å². The fourth-order valence-electron chi connectivity index (χ4n) is 1.43. The highest BCUT2D eigenvalue weighted by molar-refractivity contribution is 7.51. The molecule has 2 atom stereocenters. The van der Waals surface area contributed by atoms with E-state index in [0.717, 1.165) is 13.0 Å². The lowest BCUT2D eigenvalue weighted by atomic mass is 10.2. The van der Waals surface area contributed by atoms with Gasteiger partial charge in [-0.2, -0.15) is 0 Å². The minimum atomic E-state index is -2.90.